The summed E-state index contributed by atoms with van der Waals surface area (Å²) in [4.78, 5) is 17.0. The lowest BCUT2D eigenvalue weighted by Crippen LogP contribution is -2.30. The number of carbonyl (C=O) groups excluding carboxylic acids is 1. The zero-order chi connectivity index (χ0) is 23.6. The summed E-state index contributed by atoms with van der Waals surface area (Å²) in [6.07, 6.45) is 5.88. The molecule has 0 fully saturated rings. The molecule has 3 rings (SSSR count). The first-order valence-electron chi connectivity index (χ1n) is 12.4. The quantitative estimate of drug-likeness (QED) is 0.326. The molecule has 0 aliphatic carbocycles. The summed E-state index contributed by atoms with van der Waals surface area (Å²) in [5.41, 5.74) is 4.63. The molecule has 2 aromatic carbocycles. The predicted molar refractivity (Wildman–Crippen MR) is 136 cm³/mol. The first-order valence-corrected chi connectivity index (χ1v) is 12.4. The number of benzene rings is 2. The van der Waals surface area contributed by atoms with Gasteiger partial charge in [0.15, 0.2) is 0 Å². The lowest BCUT2D eigenvalue weighted by atomic mass is 10.0. The fourth-order valence-electron chi connectivity index (χ4n) is 4.44. The normalized spacial score (nSPS) is 11.3. The minimum atomic E-state index is 0.149. The number of ether oxygens (including phenoxy) is 1. The van der Waals surface area contributed by atoms with E-state index in [1.165, 1.54) is 11.1 Å². The van der Waals surface area contributed by atoms with Crippen molar-refractivity contribution in [1.82, 2.24) is 14.9 Å². The van der Waals surface area contributed by atoms with E-state index in [4.69, 9.17) is 9.72 Å². The Bertz CT molecular complexity index is 1020. The van der Waals surface area contributed by atoms with E-state index < -0.39 is 0 Å². The summed E-state index contributed by atoms with van der Waals surface area (Å²) in [6, 6.07) is 14.6. The van der Waals surface area contributed by atoms with Gasteiger partial charge in [-0.25, -0.2) is 4.98 Å². The van der Waals surface area contributed by atoms with Crippen molar-refractivity contribution in [2.24, 2.45) is 5.92 Å². The third-order valence-electron chi connectivity index (χ3n) is 6.25. The van der Waals surface area contributed by atoms with Crippen molar-refractivity contribution in [2.75, 3.05) is 13.2 Å². The zero-order valence-electron chi connectivity index (χ0n) is 20.7. The molecule has 1 amide bonds. The van der Waals surface area contributed by atoms with Gasteiger partial charge in [-0.1, -0.05) is 38.5 Å². The van der Waals surface area contributed by atoms with Crippen LogP contribution in [-0.4, -0.2) is 28.6 Å². The van der Waals surface area contributed by atoms with Gasteiger partial charge in [0.1, 0.15) is 18.2 Å². The van der Waals surface area contributed by atoms with Crippen LogP contribution in [0.2, 0.25) is 0 Å². The van der Waals surface area contributed by atoms with Gasteiger partial charge in [-0.05, 0) is 74.9 Å². The second kappa shape index (κ2) is 12.4. The number of nitrogens with zero attached hydrogens (tertiary/aromatic N) is 2. The van der Waals surface area contributed by atoms with E-state index in [2.05, 4.69) is 74.0 Å². The van der Waals surface area contributed by atoms with Crippen LogP contribution in [-0.2, 0) is 17.8 Å². The van der Waals surface area contributed by atoms with Crippen LogP contribution >= 0.6 is 0 Å². The fraction of sp³-hybridized carbons (Fsp3) is 0.500. The second-order valence-electron chi connectivity index (χ2n) is 8.96. The third kappa shape index (κ3) is 7.08. The van der Waals surface area contributed by atoms with Crippen LogP contribution in [0.15, 0.2) is 42.5 Å². The van der Waals surface area contributed by atoms with Crippen LogP contribution in [0.1, 0.15) is 62.9 Å². The van der Waals surface area contributed by atoms with Crippen molar-refractivity contribution in [3.8, 4) is 5.75 Å². The highest BCUT2D eigenvalue weighted by molar-refractivity contribution is 5.78. The topological polar surface area (TPSA) is 56.2 Å². The van der Waals surface area contributed by atoms with Crippen molar-refractivity contribution >= 4 is 16.9 Å². The van der Waals surface area contributed by atoms with Gasteiger partial charge in [0.2, 0.25) is 5.91 Å². The molecule has 1 N–H and O–H groups in total. The molecule has 0 spiro atoms. The standard InChI is InChI=1S/C28H39N3O2/c1-5-23(6-2)28(32)29-15-11-7-8-14-27-30-25-12-9-10-13-26(25)31(27)16-17-33-24-19-21(3)18-22(4)20-24/h9-10,12-13,18-20,23H,5-8,11,14-17H2,1-4H3,(H,29,32). The van der Waals surface area contributed by atoms with Crippen molar-refractivity contribution in [1.29, 1.82) is 0 Å². The summed E-state index contributed by atoms with van der Waals surface area (Å²) in [5.74, 6) is 2.39. The number of imidazole rings is 1. The number of amides is 1. The maximum atomic E-state index is 12.1. The first kappa shape index (κ1) is 24.8. The SMILES string of the molecule is CCC(CC)C(=O)NCCCCCc1nc2ccccc2n1CCOc1cc(C)cc(C)c1. The van der Waals surface area contributed by atoms with E-state index >= 15 is 0 Å². The van der Waals surface area contributed by atoms with Gasteiger partial charge < -0.3 is 14.6 Å². The number of nitrogens with one attached hydrogen (secondary N) is 1. The predicted octanol–water partition coefficient (Wildman–Crippen LogP) is 6.00. The molecular weight excluding hydrogens is 410 g/mol. The average Bonchev–Trinajstić information content (AvgIpc) is 3.14. The summed E-state index contributed by atoms with van der Waals surface area (Å²) in [6.45, 7) is 10.5. The zero-order valence-corrected chi connectivity index (χ0v) is 20.7. The Morgan fingerprint density at radius 2 is 1.76 bits per heavy atom. The van der Waals surface area contributed by atoms with Crippen molar-refractivity contribution in [3.05, 3.63) is 59.4 Å². The Balaban J connectivity index is 1.52. The lowest BCUT2D eigenvalue weighted by Gasteiger charge is -2.13. The highest BCUT2D eigenvalue weighted by Crippen LogP contribution is 2.20. The van der Waals surface area contributed by atoms with Gasteiger partial charge in [0.05, 0.1) is 17.6 Å². The fourth-order valence-corrected chi connectivity index (χ4v) is 4.44. The van der Waals surface area contributed by atoms with E-state index in [-0.39, 0.29) is 11.8 Å². The largest absolute Gasteiger partial charge is 0.492 e. The first-order chi connectivity index (χ1) is 16.0. The molecule has 0 aliphatic heterocycles. The molecule has 5 heteroatoms. The smallest absolute Gasteiger partial charge is 0.223 e. The van der Waals surface area contributed by atoms with E-state index in [0.29, 0.717) is 6.61 Å². The summed E-state index contributed by atoms with van der Waals surface area (Å²) < 4.78 is 8.37. The van der Waals surface area contributed by atoms with Gasteiger partial charge in [-0.15, -0.1) is 0 Å². The molecule has 0 radical (unpaired) electrons. The van der Waals surface area contributed by atoms with E-state index in [1.54, 1.807) is 0 Å². The Hall–Kier alpha value is -2.82. The molecule has 0 saturated heterocycles. The number of fused-ring (bicyclic) bond motifs is 1. The lowest BCUT2D eigenvalue weighted by molar-refractivity contribution is -0.125. The van der Waals surface area contributed by atoms with Crippen LogP contribution in [0.3, 0.4) is 0 Å². The summed E-state index contributed by atoms with van der Waals surface area (Å²) in [5, 5.41) is 3.09. The van der Waals surface area contributed by atoms with Crippen molar-refractivity contribution in [2.45, 2.75) is 72.8 Å². The molecule has 3 aromatic rings. The number of carbonyl (C=O) groups is 1. The number of aromatic nitrogens is 2. The Morgan fingerprint density at radius 1 is 1.03 bits per heavy atom. The number of unbranched alkanes of at least 4 members (excludes halogenated alkanes) is 2. The van der Waals surface area contributed by atoms with Gasteiger partial charge in [-0.3, -0.25) is 4.79 Å². The van der Waals surface area contributed by atoms with E-state index in [0.717, 1.165) is 74.2 Å². The van der Waals surface area contributed by atoms with Crippen LogP contribution in [0.5, 0.6) is 5.75 Å². The number of para-hydroxylation sites is 2. The molecule has 0 saturated carbocycles. The molecule has 0 unspecified atom stereocenters. The summed E-state index contributed by atoms with van der Waals surface area (Å²) in [7, 11) is 0. The third-order valence-corrected chi connectivity index (χ3v) is 6.25. The Labute approximate surface area is 198 Å². The maximum absolute atomic E-state index is 12.1. The number of hydrogen-bond acceptors (Lipinski definition) is 3. The number of hydrogen-bond donors (Lipinski definition) is 1. The van der Waals surface area contributed by atoms with Gasteiger partial charge in [0, 0.05) is 18.9 Å². The van der Waals surface area contributed by atoms with Gasteiger partial charge in [-0.2, -0.15) is 0 Å². The van der Waals surface area contributed by atoms with Gasteiger partial charge in [0.25, 0.3) is 0 Å². The summed E-state index contributed by atoms with van der Waals surface area (Å²) >= 11 is 0. The minimum Gasteiger partial charge on any atom is -0.492 e. The van der Waals surface area contributed by atoms with Crippen LogP contribution in [0.4, 0.5) is 0 Å². The molecule has 0 aliphatic rings. The Kier molecular flexibility index (Phi) is 9.35. The van der Waals surface area contributed by atoms with E-state index in [1.807, 2.05) is 6.07 Å². The number of aryl methyl sites for hydroxylation is 3. The minimum absolute atomic E-state index is 0.149. The highest BCUT2D eigenvalue weighted by atomic mass is 16.5. The second-order valence-corrected chi connectivity index (χ2v) is 8.96. The molecule has 1 heterocycles. The van der Waals surface area contributed by atoms with E-state index in [9.17, 15) is 4.79 Å². The molecule has 33 heavy (non-hydrogen) atoms. The Morgan fingerprint density at radius 3 is 2.48 bits per heavy atom. The van der Waals surface area contributed by atoms with Crippen LogP contribution in [0, 0.1) is 19.8 Å². The molecule has 5 nitrogen and oxygen atoms in total. The molecule has 178 valence electrons. The molecular formula is C28H39N3O2. The molecule has 1 aromatic heterocycles. The van der Waals surface area contributed by atoms with Crippen LogP contribution in [0.25, 0.3) is 11.0 Å². The average molecular weight is 450 g/mol. The van der Waals surface area contributed by atoms with Crippen molar-refractivity contribution < 1.29 is 9.53 Å². The number of rotatable bonds is 13. The van der Waals surface area contributed by atoms with Crippen LogP contribution < -0.4 is 10.1 Å². The maximum Gasteiger partial charge on any atom is 0.223 e. The van der Waals surface area contributed by atoms with Crippen molar-refractivity contribution in [3.63, 3.8) is 0 Å². The monoisotopic (exact) mass is 449 g/mol. The van der Waals surface area contributed by atoms with Gasteiger partial charge >= 0.3 is 0 Å². The highest BCUT2D eigenvalue weighted by Gasteiger charge is 2.13. The molecule has 0 atom stereocenters. The molecule has 0 bridgehead atoms.